The van der Waals surface area contributed by atoms with Crippen LogP contribution in [0.1, 0.15) is 18.2 Å². The first-order valence-electron chi connectivity index (χ1n) is 6.13. The van der Waals surface area contributed by atoms with E-state index in [-0.39, 0.29) is 0 Å². The second-order valence-corrected chi connectivity index (χ2v) is 4.60. The highest BCUT2D eigenvalue weighted by atomic mass is 19.1. The van der Waals surface area contributed by atoms with Crippen LogP contribution in [0.4, 0.5) is 4.39 Å². The molecule has 1 aromatic heterocycles. The summed E-state index contributed by atoms with van der Waals surface area (Å²) in [5, 5.41) is 0. The summed E-state index contributed by atoms with van der Waals surface area (Å²) in [6.45, 7) is 1.79. The zero-order chi connectivity index (χ0) is 14.8. The Hall–Kier alpha value is -2.14. The van der Waals surface area contributed by atoms with Crippen molar-refractivity contribution in [3.05, 3.63) is 53.6 Å². The molecule has 0 spiro atoms. The molecule has 0 saturated carbocycles. The monoisotopic (exact) mass is 276 g/mol. The van der Waals surface area contributed by atoms with Gasteiger partial charge in [0.15, 0.2) is 0 Å². The minimum atomic E-state index is -0.967. The number of methoxy groups -OCH3 is 2. The fraction of sp³-hybridized carbons (Fsp3) is 0.267. The molecular weight excluding hydrogens is 259 g/mol. The molecule has 1 atom stereocenters. The number of rotatable bonds is 4. The van der Waals surface area contributed by atoms with Crippen LogP contribution < -0.4 is 15.2 Å². The summed E-state index contributed by atoms with van der Waals surface area (Å²) in [6, 6.07) is 8.30. The van der Waals surface area contributed by atoms with Crippen LogP contribution in [0.25, 0.3) is 0 Å². The summed E-state index contributed by atoms with van der Waals surface area (Å²) in [4.78, 5) is 4.07. The fourth-order valence-electron chi connectivity index (χ4n) is 2.17. The molecule has 1 aromatic carbocycles. The van der Waals surface area contributed by atoms with E-state index in [0.717, 1.165) is 6.20 Å². The molecular formula is C15H17FN2O2. The van der Waals surface area contributed by atoms with E-state index in [0.29, 0.717) is 22.8 Å². The predicted molar refractivity (Wildman–Crippen MR) is 74.4 cm³/mol. The summed E-state index contributed by atoms with van der Waals surface area (Å²) in [5.74, 6) is 0.789. The lowest BCUT2D eigenvalue weighted by atomic mass is 9.87. The van der Waals surface area contributed by atoms with E-state index < -0.39 is 11.4 Å². The van der Waals surface area contributed by atoms with Gasteiger partial charge in [0, 0.05) is 0 Å². The Kier molecular flexibility index (Phi) is 3.90. The molecule has 1 unspecified atom stereocenters. The number of pyridine rings is 1. The zero-order valence-electron chi connectivity index (χ0n) is 11.7. The van der Waals surface area contributed by atoms with Gasteiger partial charge in [0.1, 0.15) is 17.3 Å². The predicted octanol–water partition coefficient (Wildman–Crippen LogP) is 2.46. The van der Waals surface area contributed by atoms with Crippen molar-refractivity contribution in [2.24, 2.45) is 5.73 Å². The molecule has 0 radical (unpaired) electrons. The Balaban J connectivity index is 2.61. The van der Waals surface area contributed by atoms with Gasteiger partial charge in [-0.3, -0.25) is 4.98 Å². The van der Waals surface area contributed by atoms with Crippen LogP contribution in [0.5, 0.6) is 11.5 Å². The average Bonchev–Trinajstić information content (AvgIpc) is 2.46. The molecule has 0 amide bonds. The van der Waals surface area contributed by atoms with Crippen LogP contribution in [-0.2, 0) is 5.54 Å². The Morgan fingerprint density at radius 2 is 1.70 bits per heavy atom. The molecule has 20 heavy (non-hydrogen) atoms. The van der Waals surface area contributed by atoms with Crippen molar-refractivity contribution in [1.29, 1.82) is 0 Å². The third-order valence-corrected chi connectivity index (χ3v) is 3.21. The molecule has 1 heterocycles. The summed E-state index contributed by atoms with van der Waals surface area (Å²) < 4.78 is 23.7. The minimum Gasteiger partial charge on any atom is -0.496 e. The highest BCUT2D eigenvalue weighted by Gasteiger charge is 2.32. The molecule has 0 fully saturated rings. The molecule has 4 nitrogen and oxygen atoms in total. The van der Waals surface area contributed by atoms with Gasteiger partial charge in [0.2, 0.25) is 0 Å². The number of hydrogen-bond acceptors (Lipinski definition) is 4. The van der Waals surface area contributed by atoms with Gasteiger partial charge in [-0.1, -0.05) is 6.07 Å². The number of hydrogen-bond donors (Lipinski definition) is 1. The molecule has 0 aliphatic rings. The van der Waals surface area contributed by atoms with E-state index >= 15 is 0 Å². The number of benzene rings is 1. The number of halogens is 1. The van der Waals surface area contributed by atoms with Crippen LogP contribution in [0.2, 0.25) is 0 Å². The standard InChI is InChI=1S/C15H17FN2O2/c1-15(17,13-8-7-10(16)9-18-13)14-11(19-2)5-4-6-12(14)20-3/h4-9H,17H2,1-3H3. The van der Waals surface area contributed by atoms with Crippen molar-refractivity contribution in [3.63, 3.8) is 0 Å². The first-order valence-corrected chi connectivity index (χ1v) is 6.13. The maximum atomic E-state index is 13.0. The maximum absolute atomic E-state index is 13.0. The summed E-state index contributed by atoms with van der Waals surface area (Å²) >= 11 is 0. The normalized spacial score (nSPS) is 13.7. The lowest BCUT2D eigenvalue weighted by Crippen LogP contribution is -2.36. The van der Waals surface area contributed by atoms with Crippen LogP contribution in [0.3, 0.4) is 0 Å². The van der Waals surface area contributed by atoms with Gasteiger partial charge in [0.05, 0.1) is 37.2 Å². The summed E-state index contributed by atoms with van der Waals surface area (Å²) in [7, 11) is 3.12. The number of ether oxygens (including phenoxy) is 2. The number of nitrogens with two attached hydrogens (primary N) is 1. The van der Waals surface area contributed by atoms with Gasteiger partial charge in [-0.25, -0.2) is 4.39 Å². The van der Waals surface area contributed by atoms with Gasteiger partial charge >= 0.3 is 0 Å². The largest absolute Gasteiger partial charge is 0.496 e. The molecule has 2 N–H and O–H groups in total. The van der Waals surface area contributed by atoms with Gasteiger partial charge in [-0.15, -0.1) is 0 Å². The first kappa shape index (κ1) is 14.3. The molecule has 0 saturated heterocycles. The Morgan fingerprint density at radius 3 is 2.15 bits per heavy atom. The first-order chi connectivity index (χ1) is 9.50. The van der Waals surface area contributed by atoms with Crippen molar-refractivity contribution in [3.8, 4) is 11.5 Å². The topological polar surface area (TPSA) is 57.4 Å². The molecule has 2 rings (SSSR count). The number of aromatic nitrogens is 1. The molecule has 106 valence electrons. The molecule has 2 aromatic rings. The van der Waals surface area contributed by atoms with Crippen molar-refractivity contribution < 1.29 is 13.9 Å². The van der Waals surface area contributed by atoms with E-state index in [1.54, 1.807) is 39.3 Å². The van der Waals surface area contributed by atoms with Gasteiger partial charge in [0.25, 0.3) is 0 Å². The van der Waals surface area contributed by atoms with E-state index in [1.165, 1.54) is 6.07 Å². The van der Waals surface area contributed by atoms with E-state index in [1.807, 2.05) is 6.07 Å². The molecule has 0 bridgehead atoms. The Labute approximate surface area is 117 Å². The van der Waals surface area contributed by atoms with E-state index in [2.05, 4.69) is 4.98 Å². The quantitative estimate of drug-likeness (QED) is 0.932. The third kappa shape index (κ3) is 2.44. The van der Waals surface area contributed by atoms with Crippen molar-refractivity contribution in [2.75, 3.05) is 14.2 Å². The zero-order valence-corrected chi connectivity index (χ0v) is 11.7. The molecule has 0 aliphatic heterocycles. The van der Waals surface area contributed by atoms with Crippen LogP contribution in [0, 0.1) is 5.82 Å². The summed E-state index contributed by atoms with van der Waals surface area (Å²) in [5.41, 5.74) is 6.65. The molecule has 5 heteroatoms. The smallest absolute Gasteiger partial charge is 0.141 e. The third-order valence-electron chi connectivity index (χ3n) is 3.21. The molecule has 0 aliphatic carbocycles. The van der Waals surface area contributed by atoms with Crippen LogP contribution in [0.15, 0.2) is 36.5 Å². The lowest BCUT2D eigenvalue weighted by molar-refractivity contribution is 0.367. The Bertz CT molecular complexity index is 575. The Morgan fingerprint density at radius 1 is 1.10 bits per heavy atom. The van der Waals surface area contributed by atoms with Gasteiger partial charge < -0.3 is 15.2 Å². The average molecular weight is 276 g/mol. The highest BCUT2D eigenvalue weighted by molar-refractivity contribution is 5.52. The van der Waals surface area contributed by atoms with Crippen LogP contribution >= 0.6 is 0 Å². The highest BCUT2D eigenvalue weighted by Crippen LogP contribution is 2.39. The van der Waals surface area contributed by atoms with E-state index in [4.69, 9.17) is 15.2 Å². The van der Waals surface area contributed by atoms with Crippen molar-refractivity contribution in [1.82, 2.24) is 4.98 Å². The SMILES string of the molecule is COc1cccc(OC)c1C(C)(N)c1ccc(F)cn1. The van der Waals surface area contributed by atoms with Crippen molar-refractivity contribution in [2.45, 2.75) is 12.5 Å². The number of nitrogens with zero attached hydrogens (tertiary/aromatic N) is 1. The maximum Gasteiger partial charge on any atom is 0.141 e. The van der Waals surface area contributed by atoms with Crippen LogP contribution in [-0.4, -0.2) is 19.2 Å². The van der Waals surface area contributed by atoms with Gasteiger partial charge in [-0.05, 0) is 31.2 Å². The van der Waals surface area contributed by atoms with E-state index in [9.17, 15) is 4.39 Å². The fourth-order valence-corrected chi connectivity index (χ4v) is 2.17. The minimum absolute atomic E-state index is 0.406. The second-order valence-electron chi connectivity index (χ2n) is 4.60. The second kappa shape index (κ2) is 5.46. The lowest BCUT2D eigenvalue weighted by Gasteiger charge is -2.28. The van der Waals surface area contributed by atoms with Crippen molar-refractivity contribution >= 4 is 0 Å². The summed E-state index contributed by atoms with van der Waals surface area (Å²) in [6.07, 6.45) is 1.14. The van der Waals surface area contributed by atoms with Gasteiger partial charge in [-0.2, -0.15) is 0 Å².